The molecule has 2 heterocycles. The van der Waals surface area contributed by atoms with Gasteiger partial charge in [0, 0.05) is 29.4 Å². The summed E-state index contributed by atoms with van der Waals surface area (Å²) in [7, 11) is 1.75. The van der Waals surface area contributed by atoms with Crippen LogP contribution >= 0.6 is 66.2 Å². The van der Waals surface area contributed by atoms with Gasteiger partial charge in [0.15, 0.2) is 5.17 Å². The lowest BCUT2D eigenvalue weighted by atomic mass is 10.2. The van der Waals surface area contributed by atoms with Gasteiger partial charge in [0.05, 0.1) is 32.8 Å². The molecule has 1 amide bonds. The van der Waals surface area contributed by atoms with Crippen LogP contribution in [0.3, 0.4) is 0 Å². The minimum absolute atomic E-state index is 0.0787. The Balaban J connectivity index is 1.29. The van der Waals surface area contributed by atoms with Crippen LogP contribution in [-0.2, 0) is 16.1 Å². The van der Waals surface area contributed by atoms with Gasteiger partial charge in [-0.15, -0.1) is 0 Å². The van der Waals surface area contributed by atoms with E-state index in [1.807, 2.05) is 30.3 Å². The molecule has 2 saturated heterocycles. The number of nitrogens with zero attached hydrogens (tertiary/aromatic N) is 3. The van der Waals surface area contributed by atoms with Crippen LogP contribution in [0.2, 0.25) is 0 Å². The number of morpholine rings is 1. The Labute approximate surface area is 256 Å². The van der Waals surface area contributed by atoms with Crippen molar-refractivity contribution in [1.82, 2.24) is 4.90 Å². The molecule has 0 bridgehead atoms. The number of anilines is 1. The van der Waals surface area contributed by atoms with Crippen molar-refractivity contribution >= 4 is 94.7 Å². The van der Waals surface area contributed by atoms with Crippen molar-refractivity contribution in [3.8, 4) is 5.75 Å². The van der Waals surface area contributed by atoms with Crippen LogP contribution in [0.25, 0.3) is 6.08 Å². The maximum Gasteiger partial charge on any atom is 0.266 e. The van der Waals surface area contributed by atoms with E-state index in [-0.39, 0.29) is 5.91 Å². The molecule has 6 nitrogen and oxygen atoms in total. The number of amides is 1. The number of likely N-dealkylation sites (N-methyl/N-ethyl adjacent to an activating group) is 1. The van der Waals surface area contributed by atoms with E-state index in [1.54, 1.807) is 11.9 Å². The number of hydrogen-bond donors (Lipinski definition) is 0. The molecule has 0 unspecified atom stereocenters. The summed E-state index contributed by atoms with van der Waals surface area (Å²) in [6, 6.07) is 20.2. The summed E-state index contributed by atoms with van der Waals surface area (Å²) in [5, 5.41) is 0.649. The molecule has 0 saturated carbocycles. The number of rotatable bonds is 6. The van der Waals surface area contributed by atoms with Crippen LogP contribution in [0.1, 0.15) is 11.1 Å². The third kappa shape index (κ3) is 6.64. The zero-order valence-electron chi connectivity index (χ0n) is 20.5. The smallest absolute Gasteiger partial charge is 0.266 e. The van der Waals surface area contributed by atoms with Crippen LogP contribution in [0.5, 0.6) is 5.75 Å². The minimum Gasteiger partial charge on any atom is -0.487 e. The number of benzene rings is 3. The summed E-state index contributed by atoms with van der Waals surface area (Å²) in [4.78, 5) is 22.2. The van der Waals surface area contributed by atoms with Crippen molar-refractivity contribution < 1.29 is 14.3 Å². The Morgan fingerprint density at radius 3 is 2.37 bits per heavy atom. The molecule has 3 aromatic rings. The second kappa shape index (κ2) is 12.5. The number of aliphatic imine (C=N–C) groups is 1. The monoisotopic (exact) mass is 767 g/mol. The largest absolute Gasteiger partial charge is 0.487 e. The maximum atomic E-state index is 13.0. The molecule has 0 radical (unpaired) electrons. The highest BCUT2D eigenvalue weighted by molar-refractivity contribution is 14.1. The van der Waals surface area contributed by atoms with Gasteiger partial charge in [-0.25, -0.2) is 4.99 Å². The lowest BCUT2D eigenvalue weighted by Crippen LogP contribution is -2.36. The van der Waals surface area contributed by atoms with Crippen molar-refractivity contribution in [2.24, 2.45) is 4.99 Å². The maximum absolute atomic E-state index is 13.0. The topological polar surface area (TPSA) is 54.4 Å². The second-order valence-electron chi connectivity index (χ2n) is 8.71. The molecule has 196 valence electrons. The third-order valence-corrected chi connectivity index (χ3v) is 9.03. The highest BCUT2D eigenvalue weighted by Gasteiger charge is 2.30. The fraction of sp³-hybridized carbons (Fsp3) is 0.214. The molecule has 0 spiro atoms. The first kappa shape index (κ1) is 27.7. The number of hydrogen-bond acceptors (Lipinski definition) is 6. The fourth-order valence-corrected chi connectivity index (χ4v) is 6.81. The summed E-state index contributed by atoms with van der Waals surface area (Å²) in [6.45, 7) is 3.74. The third-order valence-electron chi connectivity index (χ3n) is 6.07. The first-order valence-electron chi connectivity index (χ1n) is 11.9. The average Bonchev–Trinajstić information content (AvgIpc) is 3.17. The average molecular weight is 769 g/mol. The molecular weight excluding hydrogens is 745 g/mol. The standard InChI is InChI=1S/C28H24Br2IN3O3S/c1-33-27(35)25(38-28(33)32-21-6-8-22(9-7-21)34-10-12-36-13-11-34)16-19-14-23(29)26(24(30)15-19)37-17-18-2-4-20(31)5-3-18/h2-9,14-16H,10-13,17H2,1H3/b25-16-,32-28?. The summed E-state index contributed by atoms with van der Waals surface area (Å²) in [5.41, 5.74) is 3.94. The molecule has 0 aliphatic carbocycles. The van der Waals surface area contributed by atoms with Gasteiger partial charge in [0.2, 0.25) is 0 Å². The second-order valence-corrected chi connectivity index (χ2v) is 12.7. The van der Waals surface area contributed by atoms with Crippen LogP contribution in [0.15, 0.2) is 79.5 Å². The molecule has 38 heavy (non-hydrogen) atoms. The molecule has 2 aliphatic rings. The predicted molar refractivity (Wildman–Crippen MR) is 170 cm³/mol. The highest BCUT2D eigenvalue weighted by atomic mass is 127. The van der Waals surface area contributed by atoms with Crippen LogP contribution in [-0.4, -0.2) is 49.3 Å². The number of ether oxygens (including phenoxy) is 2. The van der Waals surface area contributed by atoms with Crippen molar-refractivity contribution in [2.45, 2.75) is 6.61 Å². The van der Waals surface area contributed by atoms with Crippen LogP contribution in [0, 0.1) is 3.57 Å². The predicted octanol–water partition coefficient (Wildman–Crippen LogP) is 7.47. The van der Waals surface area contributed by atoms with Crippen molar-refractivity contribution in [3.05, 3.63) is 89.2 Å². The number of carbonyl (C=O) groups is 1. The summed E-state index contributed by atoms with van der Waals surface area (Å²) >= 11 is 10.9. The van der Waals surface area contributed by atoms with E-state index < -0.39 is 0 Å². The molecule has 0 aromatic heterocycles. The molecule has 2 aliphatic heterocycles. The van der Waals surface area contributed by atoms with E-state index in [0.717, 1.165) is 63.5 Å². The van der Waals surface area contributed by atoms with Gasteiger partial charge in [0.1, 0.15) is 12.4 Å². The van der Waals surface area contributed by atoms with E-state index in [9.17, 15) is 4.79 Å². The van der Waals surface area contributed by atoms with Gasteiger partial charge in [-0.3, -0.25) is 9.69 Å². The van der Waals surface area contributed by atoms with Gasteiger partial charge in [-0.2, -0.15) is 0 Å². The zero-order chi connectivity index (χ0) is 26.6. The molecule has 0 N–H and O–H groups in total. The van der Waals surface area contributed by atoms with E-state index >= 15 is 0 Å². The van der Waals surface area contributed by atoms with Crippen molar-refractivity contribution in [1.29, 1.82) is 0 Å². The first-order valence-corrected chi connectivity index (χ1v) is 15.4. The molecule has 3 aromatic carbocycles. The van der Waals surface area contributed by atoms with Crippen molar-refractivity contribution in [2.75, 3.05) is 38.3 Å². The Kier molecular flexibility index (Phi) is 9.14. The summed E-state index contributed by atoms with van der Waals surface area (Å²) in [6.07, 6.45) is 1.88. The van der Waals surface area contributed by atoms with Crippen LogP contribution in [0.4, 0.5) is 11.4 Å². The molecule has 10 heteroatoms. The molecule has 5 rings (SSSR count). The molecule has 2 fully saturated rings. The zero-order valence-corrected chi connectivity index (χ0v) is 26.6. The quantitative estimate of drug-likeness (QED) is 0.193. The van der Waals surface area contributed by atoms with Crippen molar-refractivity contribution in [3.63, 3.8) is 0 Å². The Bertz CT molecular complexity index is 1370. The van der Waals surface area contributed by atoms with E-state index in [2.05, 4.69) is 95.7 Å². The normalized spacial score (nSPS) is 18.1. The first-order chi connectivity index (χ1) is 18.4. The number of halogens is 3. The van der Waals surface area contributed by atoms with Gasteiger partial charge >= 0.3 is 0 Å². The summed E-state index contributed by atoms with van der Waals surface area (Å²) < 4.78 is 14.3. The summed E-state index contributed by atoms with van der Waals surface area (Å²) in [5.74, 6) is 0.640. The van der Waals surface area contributed by atoms with E-state index in [0.29, 0.717) is 16.7 Å². The number of amidine groups is 1. The van der Waals surface area contributed by atoms with E-state index in [4.69, 9.17) is 14.5 Å². The Hall–Kier alpha value is -1.86. The molecular formula is C28H24Br2IN3O3S. The fourth-order valence-electron chi connectivity index (χ4n) is 4.01. The van der Waals surface area contributed by atoms with Crippen LogP contribution < -0.4 is 9.64 Å². The number of carbonyl (C=O) groups excluding carboxylic acids is 1. The van der Waals surface area contributed by atoms with Gasteiger partial charge in [-0.05, 0) is 132 Å². The Morgan fingerprint density at radius 2 is 1.71 bits per heavy atom. The molecule has 0 atom stereocenters. The highest BCUT2D eigenvalue weighted by Crippen LogP contribution is 2.38. The van der Waals surface area contributed by atoms with Gasteiger partial charge in [0.25, 0.3) is 5.91 Å². The minimum atomic E-state index is -0.0787. The van der Waals surface area contributed by atoms with Gasteiger partial charge < -0.3 is 14.4 Å². The Morgan fingerprint density at radius 1 is 1.05 bits per heavy atom. The van der Waals surface area contributed by atoms with Gasteiger partial charge in [-0.1, -0.05) is 12.1 Å². The lowest BCUT2D eigenvalue weighted by molar-refractivity contribution is -0.121. The SMILES string of the molecule is CN1C(=O)/C(=C/c2cc(Br)c(OCc3ccc(I)cc3)c(Br)c2)SC1=Nc1ccc(N2CCOCC2)cc1. The van der Waals surface area contributed by atoms with E-state index in [1.165, 1.54) is 15.3 Å². The lowest BCUT2D eigenvalue weighted by Gasteiger charge is -2.28. The number of thioether (sulfide) groups is 1.